The second kappa shape index (κ2) is 4.43. The summed E-state index contributed by atoms with van der Waals surface area (Å²) in [5.41, 5.74) is -0.508. The number of nitro groups is 1. The molecule has 0 N–H and O–H groups in total. The number of nitrogens with zero attached hydrogens (tertiary/aromatic N) is 4. The van der Waals surface area contributed by atoms with Crippen molar-refractivity contribution >= 4 is 17.3 Å². The Morgan fingerprint density at radius 3 is 2.89 bits per heavy atom. The minimum Gasteiger partial charge on any atom is -0.285 e. The number of hydrogen-bond donors (Lipinski definition) is 0. The van der Waals surface area contributed by atoms with Crippen LogP contribution in [0.2, 0.25) is 5.02 Å². The van der Waals surface area contributed by atoms with Gasteiger partial charge in [0.05, 0.1) is 16.0 Å². The van der Waals surface area contributed by atoms with Gasteiger partial charge < -0.3 is 0 Å². The van der Waals surface area contributed by atoms with Crippen molar-refractivity contribution in [2.24, 2.45) is 0 Å². The first-order valence-electron chi connectivity index (χ1n) is 4.62. The molecule has 6 nitrogen and oxygen atoms in total. The number of aromatic nitrogens is 2. The Kier molecular flexibility index (Phi) is 2.95. The minimum atomic E-state index is -0.897. The number of imidazole rings is 1. The second-order valence-corrected chi connectivity index (χ2v) is 3.65. The number of halogens is 2. The Morgan fingerprint density at radius 2 is 2.28 bits per heavy atom. The maximum atomic E-state index is 13.2. The van der Waals surface area contributed by atoms with Crippen molar-refractivity contribution in [1.29, 1.82) is 5.26 Å². The van der Waals surface area contributed by atoms with Gasteiger partial charge >= 0.3 is 0 Å². The highest BCUT2D eigenvalue weighted by molar-refractivity contribution is 6.31. The van der Waals surface area contributed by atoms with E-state index in [9.17, 15) is 14.5 Å². The third-order valence-electron chi connectivity index (χ3n) is 2.21. The number of benzene rings is 1. The summed E-state index contributed by atoms with van der Waals surface area (Å²) in [5, 5.41) is 19.4. The maximum Gasteiger partial charge on any atom is 0.296 e. The lowest BCUT2D eigenvalue weighted by Crippen LogP contribution is -2.02. The fourth-order valence-electron chi connectivity index (χ4n) is 1.45. The van der Waals surface area contributed by atoms with Crippen LogP contribution in [0.4, 0.5) is 10.1 Å². The summed E-state index contributed by atoms with van der Waals surface area (Å²) in [4.78, 5) is 13.8. The van der Waals surface area contributed by atoms with Crippen molar-refractivity contribution in [3.8, 4) is 11.8 Å². The van der Waals surface area contributed by atoms with Crippen LogP contribution in [-0.4, -0.2) is 14.5 Å². The van der Waals surface area contributed by atoms with Crippen molar-refractivity contribution < 1.29 is 9.31 Å². The van der Waals surface area contributed by atoms with Crippen LogP contribution in [-0.2, 0) is 0 Å². The smallest absolute Gasteiger partial charge is 0.285 e. The van der Waals surface area contributed by atoms with E-state index in [0.717, 1.165) is 6.07 Å². The van der Waals surface area contributed by atoms with Gasteiger partial charge in [0.1, 0.15) is 17.6 Å². The van der Waals surface area contributed by atoms with E-state index in [1.165, 1.54) is 17.0 Å². The minimum absolute atomic E-state index is 0.0135. The van der Waals surface area contributed by atoms with Gasteiger partial charge in [0.2, 0.25) is 5.82 Å². The SMILES string of the molecule is N#Cc1nccn1-c1cc(Cl)c(F)cc1[N+](=O)[O-]. The highest BCUT2D eigenvalue weighted by Crippen LogP contribution is 2.29. The summed E-state index contributed by atoms with van der Waals surface area (Å²) in [6, 6.07) is 3.55. The Labute approximate surface area is 105 Å². The highest BCUT2D eigenvalue weighted by Gasteiger charge is 2.20. The number of nitro benzene ring substituents is 1. The fraction of sp³-hybridized carbons (Fsp3) is 0. The highest BCUT2D eigenvalue weighted by atomic mass is 35.5. The van der Waals surface area contributed by atoms with Crippen LogP contribution in [0.5, 0.6) is 0 Å². The van der Waals surface area contributed by atoms with Crippen LogP contribution in [0.15, 0.2) is 24.5 Å². The first kappa shape index (κ1) is 12.0. The summed E-state index contributed by atoms with van der Waals surface area (Å²) >= 11 is 5.59. The summed E-state index contributed by atoms with van der Waals surface area (Å²) in [6.45, 7) is 0. The molecule has 0 atom stereocenters. The largest absolute Gasteiger partial charge is 0.296 e. The molecule has 0 aliphatic heterocycles. The molecule has 90 valence electrons. The van der Waals surface area contributed by atoms with E-state index >= 15 is 0 Å². The van der Waals surface area contributed by atoms with Gasteiger partial charge in [-0.15, -0.1) is 0 Å². The van der Waals surface area contributed by atoms with Crippen LogP contribution >= 0.6 is 11.6 Å². The van der Waals surface area contributed by atoms with Gasteiger partial charge in [0, 0.05) is 12.4 Å². The fourth-order valence-corrected chi connectivity index (χ4v) is 1.60. The van der Waals surface area contributed by atoms with Crippen LogP contribution in [0.1, 0.15) is 5.82 Å². The molecule has 0 unspecified atom stereocenters. The first-order valence-corrected chi connectivity index (χ1v) is 4.99. The van der Waals surface area contributed by atoms with E-state index in [1.54, 1.807) is 6.07 Å². The van der Waals surface area contributed by atoms with Crippen LogP contribution in [0.25, 0.3) is 5.69 Å². The van der Waals surface area contributed by atoms with E-state index < -0.39 is 16.4 Å². The first-order chi connectivity index (χ1) is 8.54. The monoisotopic (exact) mass is 266 g/mol. The predicted octanol–water partition coefficient (Wildman–Crippen LogP) is 2.44. The zero-order valence-corrected chi connectivity index (χ0v) is 9.43. The third-order valence-corrected chi connectivity index (χ3v) is 2.50. The molecule has 18 heavy (non-hydrogen) atoms. The predicted molar refractivity (Wildman–Crippen MR) is 59.9 cm³/mol. The molecule has 0 amide bonds. The van der Waals surface area contributed by atoms with Crippen LogP contribution in [0, 0.1) is 27.3 Å². The molecular weight excluding hydrogens is 263 g/mol. The average molecular weight is 267 g/mol. The maximum absolute atomic E-state index is 13.2. The Morgan fingerprint density at radius 1 is 1.56 bits per heavy atom. The van der Waals surface area contributed by atoms with Crippen LogP contribution < -0.4 is 0 Å². The molecule has 0 bridgehead atoms. The lowest BCUT2D eigenvalue weighted by atomic mass is 10.2. The normalized spacial score (nSPS) is 10.1. The molecule has 1 aromatic carbocycles. The standard InChI is InChI=1S/C10H4ClFN4O2/c11-6-3-8(9(16(17)18)4-7(6)12)15-2-1-14-10(15)5-13/h1-4H. The lowest BCUT2D eigenvalue weighted by molar-refractivity contribution is -0.384. The zero-order valence-electron chi connectivity index (χ0n) is 8.67. The van der Waals surface area contributed by atoms with Gasteiger partial charge in [-0.25, -0.2) is 9.37 Å². The molecule has 1 heterocycles. The van der Waals surface area contributed by atoms with E-state index in [-0.39, 0.29) is 16.5 Å². The van der Waals surface area contributed by atoms with E-state index in [1.807, 2.05) is 0 Å². The summed E-state index contributed by atoms with van der Waals surface area (Å²) < 4.78 is 14.4. The number of hydrogen-bond acceptors (Lipinski definition) is 4. The van der Waals surface area contributed by atoms with Gasteiger partial charge in [-0.05, 0) is 6.07 Å². The molecule has 1 aromatic heterocycles. The molecular formula is C10H4ClFN4O2. The molecule has 0 spiro atoms. The van der Waals surface area contributed by atoms with Gasteiger partial charge in [0.25, 0.3) is 5.69 Å². The molecule has 0 aliphatic carbocycles. The Bertz CT molecular complexity index is 677. The van der Waals surface area contributed by atoms with Gasteiger partial charge in [-0.1, -0.05) is 11.6 Å². The molecule has 8 heteroatoms. The molecule has 0 saturated carbocycles. The third kappa shape index (κ3) is 1.89. The number of rotatable bonds is 2. The van der Waals surface area contributed by atoms with Gasteiger partial charge in [0.15, 0.2) is 0 Å². The van der Waals surface area contributed by atoms with E-state index in [0.29, 0.717) is 6.07 Å². The number of nitriles is 1. The summed E-state index contributed by atoms with van der Waals surface area (Å²) in [5.74, 6) is -0.952. The van der Waals surface area contributed by atoms with Crippen LogP contribution in [0.3, 0.4) is 0 Å². The van der Waals surface area contributed by atoms with E-state index in [4.69, 9.17) is 16.9 Å². The van der Waals surface area contributed by atoms with Crippen molar-refractivity contribution in [3.63, 3.8) is 0 Å². The summed E-state index contributed by atoms with van der Waals surface area (Å²) in [6.07, 6.45) is 2.66. The van der Waals surface area contributed by atoms with E-state index in [2.05, 4.69) is 4.98 Å². The Balaban J connectivity index is 2.75. The van der Waals surface area contributed by atoms with Crippen molar-refractivity contribution in [2.75, 3.05) is 0 Å². The van der Waals surface area contributed by atoms with Gasteiger partial charge in [-0.3, -0.25) is 14.7 Å². The van der Waals surface area contributed by atoms with Crippen molar-refractivity contribution in [1.82, 2.24) is 9.55 Å². The molecule has 0 radical (unpaired) electrons. The zero-order chi connectivity index (χ0) is 13.3. The topological polar surface area (TPSA) is 84.8 Å². The quantitative estimate of drug-likeness (QED) is 0.617. The molecule has 2 rings (SSSR count). The molecule has 0 saturated heterocycles. The Hall–Kier alpha value is -2.46. The van der Waals surface area contributed by atoms with Crippen molar-refractivity contribution in [2.45, 2.75) is 0 Å². The van der Waals surface area contributed by atoms with Crippen molar-refractivity contribution in [3.05, 3.63) is 51.3 Å². The molecule has 0 aliphatic rings. The lowest BCUT2D eigenvalue weighted by Gasteiger charge is -2.06. The van der Waals surface area contributed by atoms with Gasteiger partial charge in [-0.2, -0.15) is 5.26 Å². The second-order valence-electron chi connectivity index (χ2n) is 3.24. The summed E-state index contributed by atoms with van der Waals surface area (Å²) in [7, 11) is 0. The average Bonchev–Trinajstić information content (AvgIpc) is 2.79. The molecule has 2 aromatic rings. The molecule has 0 fully saturated rings.